The maximum Gasteiger partial charge on any atom is 0.212 e. The van der Waals surface area contributed by atoms with E-state index in [-0.39, 0.29) is 11.5 Å². The second-order valence-corrected chi connectivity index (χ2v) is 13.2. The van der Waals surface area contributed by atoms with E-state index in [0.717, 1.165) is 58.6 Å². The van der Waals surface area contributed by atoms with E-state index in [4.69, 9.17) is 9.72 Å². The number of nitrogens with one attached hydrogen (secondary N) is 2. The average Bonchev–Trinajstić information content (AvgIpc) is 3.57. The Morgan fingerprint density at radius 2 is 1.97 bits per heavy atom. The van der Waals surface area contributed by atoms with Crippen LogP contribution < -0.4 is 10.6 Å². The molecule has 2 aliphatic rings. The van der Waals surface area contributed by atoms with Gasteiger partial charge in [-0.1, -0.05) is 39.7 Å². The molecular formula is C26H35IN5O2PS. The van der Waals surface area contributed by atoms with E-state index >= 15 is 0 Å². The highest BCUT2D eigenvalue weighted by Gasteiger charge is 2.28. The van der Waals surface area contributed by atoms with Crippen molar-refractivity contribution in [2.24, 2.45) is 11.3 Å². The molecule has 1 saturated heterocycles. The minimum Gasteiger partial charge on any atom is -0.373 e. The molecule has 2 fully saturated rings. The highest BCUT2D eigenvalue weighted by Crippen LogP contribution is 2.40. The highest BCUT2D eigenvalue weighted by atomic mass is 127. The zero-order valence-corrected chi connectivity index (χ0v) is 25.5. The zero-order valence-electron chi connectivity index (χ0n) is 21.5. The van der Waals surface area contributed by atoms with Gasteiger partial charge in [-0.3, -0.25) is 9.13 Å². The van der Waals surface area contributed by atoms with Crippen molar-refractivity contribution in [1.82, 2.24) is 14.3 Å². The number of nitrogens with zero attached hydrogens (tertiary/aromatic N) is 3. The lowest BCUT2D eigenvalue weighted by Gasteiger charge is -2.35. The van der Waals surface area contributed by atoms with Gasteiger partial charge in [-0.25, -0.2) is 9.97 Å². The molecule has 2 unspecified atom stereocenters. The molecular weight excluding hydrogens is 604 g/mol. The number of carbonyl (C=O) groups excluding carboxylic acids is 1. The van der Waals surface area contributed by atoms with Gasteiger partial charge in [0.05, 0.1) is 30.5 Å². The zero-order chi connectivity index (χ0) is 25.9. The Morgan fingerprint density at radius 3 is 2.56 bits per heavy atom. The summed E-state index contributed by atoms with van der Waals surface area (Å²) in [5, 5.41) is 6.22. The predicted molar refractivity (Wildman–Crippen MR) is 161 cm³/mol. The molecule has 5 rings (SSSR count). The van der Waals surface area contributed by atoms with Crippen LogP contribution in [0.25, 0.3) is 11.2 Å². The molecule has 7 nitrogen and oxygen atoms in total. The number of benzene rings is 1. The quantitative estimate of drug-likeness (QED) is 0.119. The minimum atomic E-state index is 0.141. The van der Waals surface area contributed by atoms with Crippen molar-refractivity contribution >= 4 is 74.9 Å². The SMILES string of the molecule is CC1CC1.CSc1cc(C2CCC(C)(C)CO2)ccc1Nc1cc(NC=O)nc2c1nc(C)n2PI. The Morgan fingerprint density at radius 1 is 1.22 bits per heavy atom. The molecule has 3 heterocycles. The van der Waals surface area contributed by atoms with Crippen LogP contribution in [0.4, 0.5) is 17.2 Å². The number of halogens is 1. The number of hydrogen-bond acceptors (Lipinski definition) is 6. The molecule has 2 atom stereocenters. The molecule has 2 aromatic heterocycles. The molecule has 194 valence electrons. The van der Waals surface area contributed by atoms with Gasteiger partial charge in [-0.15, -0.1) is 11.8 Å². The number of carbonyl (C=O) groups is 1. The van der Waals surface area contributed by atoms with Gasteiger partial charge < -0.3 is 15.4 Å². The molecule has 0 spiro atoms. The molecule has 1 aliphatic carbocycles. The van der Waals surface area contributed by atoms with Crippen LogP contribution in [-0.4, -0.2) is 33.6 Å². The maximum absolute atomic E-state index is 11.1. The molecule has 0 radical (unpaired) electrons. The number of thioether (sulfide) groups is 1. The van der Waals surface area contributed by atoms with E-state index in [0.29, 0.717) is 18.6 Å². The summed E-state index contributed by atoms with van der Waals surface area (Å²) in [7, 11) is 0. The van der Waals surface area contributed by atoms with Gasteiger partial charge in [0.1, 0.15) is 17.2 Å². The Labute approximate surface area is 232 Å². The summed E-state index contributed by atoms with van der Waals surface area (Å²) in [6.45, 7) is 9.55. The van der Waals surface area contributed by atoms with Crippen LogP contribution in [0.5, 0.6) is 0 Å². The van der Waals surface area contributed by atoms with Crippen LogP contribution in [0.1, 0.15) is 63.9 Å². The number of rotatable bonds is 7. The number of pyridine rings is 1. The van der Waals surface area contributed by atoms with E-state index in [1.165, 1.54) is 18.4 Å². The fraction of sp³-hybridized carbons (Fsp3) is 0.500. The van der Waals surface area contributed by atoms with Crippen molar-refractivity contribution in [2.45, 2.75) is 64.4 Å². The van der Waals surface area contributed by atoms with Gasteiger partial charge in [0, 0.05) is 11.0 Å². The standard InChI is InChI=1S/C22H27IN5O2PS.C4H8/c1-13-25-20-16(10-19(24-12-29)27-21(20)28(13)31-23)26-15-6-5-14(9-18(15)32-4)17-7-8-22(2,3)11-30-17;1-4-2-3-4/h5-6,9-10,12,17,31H,7-8,11H2,1-4H3,(H2,24,26,27,29);4H,2-3H2,1H3. The van der Waals surface area contributed by atoms with E-state index in [1.807, 2.05) is 13.0 Å². The molecule has 10 heteroatoms. The van der Waals surface area contributed by atoms with Crippen molar-refractivity contribution in [3.8, 4) is 0 Å². The summed E-state index contributed by atoms with van der Waals surface area (Å²) in [6.07, 6.45) is 8.49. The van der Waals surface area contributed by atoms with Crippen molar-refractivity contribution in [2.75, 3.05) is 23.5 Å². The number of aromatic nitrogens is 3. The van der Waals surface area contributed by atoms with Crippen LogP contribution >= 0.6 is 40.2 Å². The lowest BCUT2D eigenvalue weighted by Crippen LogP contribution is -2.27. The molecule has 1 aliphatic heterocycles. The average molecular weight is 640 g/mol. The third-order valence-corrected chi connectivity index (χ3v) is 9.50. The first-order chi connectivity index (χ1) is 17.2. The number of ether oxygens (including phenoxy) is 1. The minimum absolute atomic E-state index is 0.141. The van der Waals surface area contributed by atoms with Gasteiger partial charge in [0.15, 0.2) is 5.65 Å². The normalized spacial score (nSPS) is 19.2. The van der Waals surface area contributed by atoms with Crippen LogP contribution in [0.15, 0.2) is 29.2 Å². The van der Waals surface area contributed by atoms with Crippen molar-refractivity contribution in [1.29, 1.82) is 0 Å². The number of anilines is 3. The Kier molecular flexibility index (Phi) is 9.18. The smallest absolute Gasteiger partial charge is 0.212 e. The number of fused-ring (bicyclic) bond motifs is 1. The molecule has 3 aromatic rings. The highest BCUT2D eigenvalue weighted by molar-refractivity contribution is 14.2. The lowest BCUT2D eigenvalue weighted by atomic mass is 9.84. The summed E-state index contributed by atoms with van der Waals surface area (Å²) in [5.41, 5.74) is 4.81. The lowest BCUT2D eigenvalue weighted by molar-refractivity contribution is -0.105. The van der Waals surface area contributed by atoms with Gasteiger partial charge in [-0.05, 0) is 77.1 Å². The van der Waals surface area contributed by atoms with Gasteiger partial charge >= 0.3 is 0 Å². The van der Waals surface area contributed by atoms with Crippen LogP contribution in [0.3, 0.4) is 0 Å². The molecule has 1 saturated carbocycles. The topological polar surface area (TPSA) is 81.1 Å². The Hall–Kier alpha value is -1.42. The van der Waals surface area contributed by atoms with Crippen LogP contribution in [0.2, 0.25) is 0 Å². The number of amides is 1. The molecule has 36 heavy (non-hydrogen) atoms. The van der Waals surface area contributed by atoms with E-state index in [9.17, 15) is 4.79 Å². The Balaban J connectivity index is 0.000000692. The Bertz CT molecular complexity index is 1220. The molecule has 0 bridgehead atoms. The first kappa shape index (κ1) is 27.6. The van der Waals surface area contributed by atoms with E-state index < -0.39 is 0 Å². The third-order valence-electron chi connectivity index (χ3n) is 6.57. The van der Waals surface area contributed by atoms with Gasteiger partial charge in [-0.2, -0.15) is 0 Å². The summed E-state index contributed by atoms with van der Waals surface area (Å²) in [5.74, 6) is 2.47. The largest absolute Gasteiger partial charge is 0.373 e. The maximum atomic E-state index is 11.1. The first-order valence-corrected chi connectivity index (χ1v) is 17.6. The van der Waals surface area contributed by atoms with Crippen molar-refractivity contribution in [3.05, 3.63) is 35.7 Å². The van der Waals surface area contributed by atoms with Crippen molar-refractivity contribution < 1.29 is 9.53 Å². The van der Waals surface area contributed by atoms with Gasteiger partial charge in [0.2, 0.25) is 6.41 Å². The van der Waals surface area contributed by atoms with Crippen molar-refractivity contribution in [3.63, 3.8) is 0 Å². The predicted octanol–water partition coefficient (Wildman–Crippen LogP) is 7.86. The number of aryl methyl sites for hydroxylation is 1. The fourth-order valence-electron chi connectivity index (χ4n) is 4.08. The van der Waals surface area contributed by atoms with Gasteiger partial charge in [0.25, 0.3) is 0 Å². The van der Waals surface area contributed by atoms with Crippen LogP contribution in [-0.2, 0) is 9.53 Å². The number of imidazole rings is 1. The summed E-state index contributed by atoms with van der Waals surface area (Å²) in [4.78, 5) is 21.5. The van der Waals surface area contributed by atoms with E-state index in [1.54, 1.807) is 11.8 Å². The summed E-state index contributed by atoms with van der Waals surface area (Å²) in [6, 6.07) is 8.29. The summed E-state index contributed by atoms with van der Waals surface area (Å²) >= 11 is 4.01. The summed E-state index contributed by atoms with van der Waals surface area (Å²) < 4.78 is 8.23. The third kappa shape index (κ3) is 6.71. The second-order valence-electron chi connectivity index (χ2n) is 10.3. The first-order valence-electron chi connectivity index (χ1n) is 12.3. The molecule has 2 N–H and O–H groups in total. The van der Waals surface area contributed by atoms with Crippen LogP contribution in [0, 0.1) is 18.3 Å². The van der Waals surface area contributed by atoms with E-state index in [2.05, 4.69) is 87.2 Å². The monoisotopic (exact) mass is 639 g/mol. The second kappa shape index (κ2) is 12.0. The number of hydrogen-bond donors (Lipinski definition) is 2. The molecule has 1 amide bonds. The molecule has 1 aromatic carbocycles. The fourth-order valence-corrected chi connectivity index (χ4v) is 6.81.